The summed E-state index contributed by atoms with van der Waals surface area (Å²) in [4.78, 5) is 61.9. The highest BCUT2D eigenvalue weighted by atomic mass is 31.3. The summed E-state index contributed by atoms with van der Waals surface area (Å²) < 4.78 is 56.7. The number of nitrogens with two attached hydrogens (primary N) is 1. The van der Waals surface area contributed by atoms with Gasteiger partial charge in [0.05, 0.1) is 19.3 Å². The normalized spacial score (nSPS) is 20.0. The zero-order valence-electron chi connectivity index (χ0n) is 42.1. The van der Waals surface area contributed by atoms with Crippen LogP contribution in [0.4, 0.5) is 5.82 Å². The topological polar surface area (TPSA) is 286 Å². The van der Waals surface area contributed by atoms with Crippen molar-refractivity contribution in [3.63, 3.8) is 0 Å². The number of rotatable bonds is 42. The molecule has 2 heterocycles. The molecule has 1 fully saturated rings. The lowest BCUT2D eigenvalue weighted by atomic mass is 10.0. The van der Waals surface area contributed by atoms with E-state index in [9.17, 15) is 48.6 Å². The molecule has 0 bridgehead atoms. The lowest BCUT2D eigenvalue weighted by Gasteiger charge is -2.21. The number of aliphatic hydroxyl groups is 3. The van der Waals surface area contributed by atoms with Gasteiger partial charge in [0.15, 0.2) is 12.3 Å². The number of nitrogen functional groups attached to an aromatic ring is 1. The summed E-state index contributed by atoms with van der Waals surface area (Å²) in [7, 11) is -10.9. The predicted molar refractivity (Wildman–Crippen MR) is 272 cm³/mol. The molecule has 0 aromatic carbocycles. The zero-order chi connectivity index (χ0) is 52.2. The minimum atomic E-state index is -5.44. The number of hydrogen-bond donors (Lipinski definition) is 6. The minimum Gasteiger partial charge on any atom is -0.462 e. The van der Waals surface area contributed by atoms with Gasteiger partial charge in [-0.1, -0.05) is 165 Å². The molecule has 0 saturated carbocycles. The Morgan fingerprint density at radius 3 is 1.97 bits per heavy atom. The lowest BCUT2D eigenvalue weighted by Crippen LogP contribution is -2.36. The first-order chi connectivity index (χ1) is 34.1. The fraction of sp³-hybridized carbons (Fsp3) is 0.720. The zero-order valence-corrected chi connectivity index (χ0v) is 43.9. The number of phosphoric acid groups is 2. The van der Waals surface area contributed by atoms with E-state index in [1.807, 2.05) is 30.4 Å². The maximum Gasteiger partial charge on any atom is 0.481 e. The Labute approximate surface area is 421 Å². The van der Waals surface area contributed by atoms with Crippen LogP contribution < -0.4 is 11.4 Å². The molecule has 0 spiro atoms. The Morgan fingerprint density at radius 1 is 0.746 bits per heavy atom. The van der Waals surface area contributed by atoms with Gasteiger partial charge >= 0.3 is 33.3 Å². The molecule has 2 unspecified atom stereocenters. The molecule has 71 heavy (non-hydrogen) atoms. The average Bonchev–Trinajstić information content (AvgIpc) is 3.60. The van der Waals surface area contributed by atoms with Gasteiger partial charge < -0.3 is 45.1 Å². The fourth-order valence-corrected chi connectivity index (χ4v) is 9.56. The first kappa shape index (κ1) is 63.8. The van der Waals surface area contributed by atoms with Crippen LogP contribution in [-0.4, -0.2) is 96.9 Å². The molecule has 1 aromatic rings. The highest BCUT2D eigenvalue weighted by Crippen LogP contribution is 2.60. The van der Waals surface area contributed by atoms with Crippen molar-refractivity contribution in [3.8, 4) is 0 Å². The van der Waals surface area contributed by atoms with Crippen LogP contribution in [0.2, 0.25) is 0 Å². The van der Waals surface area contributed by atoms with Crippen LogP contribution in [0.3, 0.4) is 0 Å². The number of nitrogens with zero attached hydrogens (tertiary/aromatic N) is 2. The van der Waals surface area contributed by atoms with Gasteiger partial charge in [-0.3, -0.25) is 23.2 Å². The van der Waals surface area contributed by atoms with Gasteiger partial charge in [-0.25, -0.2) is 13.9 Å². The third kappa shape index (κ3) is 31.1. The molecule has 1 aliphatic rings. The Hall–Kier alpha value is -3.32. The largest absolute Gasteiger partial charge is 0.481 e. The van der Waals surface area contributed by atoms with E-state index in [-0.39, 0.29) is 18.7 Å². The number of unbranched alkanes of at least 4 members (excludes halogenated alkanes) is 18. The van der Waals surface area contributed by atoms with Crippen molar-refractivity contribution in [3.05, 3.63) is 71.4 Å². The molecule has 7 N–H and O–H groups in total. The molecule has 8 atom stereocenters. The lowest BCUT2D eigenvalue weighted by molar-refractivity contribution is -0.161. The monoisotopic (exact) mass is 1050 g/mol. The van der Waals surface area contributed by atoms with E-state index in [0.29, 0.717) is 32.1 Å². The van der Waals surface area contributed by atoms with E-state index in [4.69, 9.17) is 29.0 Å². The van der Waals surface area contributed by atoms with Crippen molar-refractivity contribution in [2.24, 2.45) is 0 Å². The number of carbonyl (C=O) groups excluding carboxylic acids is 2. The molecule has 0 aliphatic carbocycles. The van der Waals surface area contributed by atoms with Crippen LogP contribution in [0, 0.1) is 0 Å². The van der Waals surface area contributed by atoms with E-state index in [2.05, 4.69) is 29.2 Å². The number of allylic oxidation sites excluding steroid dienone is 6. The maximum absolute atomic E-state index is 12.9. The number of anilines is 1. The Bertz CT molecular complexity index is 1890. The summed E-state index contributed by atoms with van der Waals surface area (Å²) in [5, 5.41) is 31.0. The second-order valence-electron chi connectivity index (χ2n) is 17.9. The van der Waals surface area contributed by atoms with E-state index >= 15 is 0 Å². The van der Waals surface area contributed by atoms with Crippen molar-refractivity contribution in [1.82, 2.24) is 9.55 Å². The summed E-state index contributed by atoms with van der Waals surface area (Å²) in [6, 6.07) is 1.24. The molecular weight excluding hydrogens is 961 g/mol. The SMILES string of the molecule is CCCCC/C=C\C[C@@H](O)/C=C/C=C\C/C=C\CCCC(=O)OC[C@H](COP(=O)(O)OP(=O)(O)OC[C@H]1O[C@@H](n2ccc(N)nc2=O)[C@H](O)[C@@H]1O)OC(=O)CCCCCCCCCCCCCCCCC. The number of aliphatic hydroxyl groups excluding tert-OH is 3. The Balaban J connectivity index is 1.84. The summed E-state index contributed by atoms with van der Waals surface area (Å²) >= 11 is 0. The van der Waals surface area contributed by atoms with Gasteiger partial charge in [-0.2, -0.15) is 9.29 Å². The number of ether oxygens (including phenoxy) is 3. The summed E-state index contributed by atoms with van der Waals surface area (Å²) in [6.07, 6.45) is 32.2. The molecule has 19 nitrogen and oxygen atoms in total. The molecule has 406 valence electrons. The van der Waals surface area contributed by atoms with E-state index < -0.39 is 89.8 Å². The van der Waals surface area contributed by atoms with E-state index in [0.717, 1.165) is 49.3 Å². The molecule has 21 heteroatoms. The number of aromatic nitrogens is 2. The van der Waals surface area contributed by atoms with Crippen molar-refractivity contribution in [2.75, 3.05) is 25.6 Å². The van der Waals surface area contributed by atoms with Gasteiger partial charge in [-0.05, 0) is 51.0 Å². The van der Waals surface area contributed by atoms with Crippen LogP contribution in [0.1, 0.15) is 181 Å². The van der Waals surface area contributed by atoms with Crippen LogP contribution in [0.25, 0.3) is 0 Å². The van der Waals surface area contributed by atoms with Crippen molar-refractivity contribution in [1.29, 1.82) is 0 Å². The minimum absolute atomic E-state index is 0.0198. The first-order valence-corrected chi connectivity index (χ1v) is 28.7. The molecule has 1 aliphatic heterocycles. The second-order valence-corrected chi connectivity index (χ2v) is 20.9. The van der Waals surface area contributed by atoms with Gasteiger partial charge in [0.25, 0.3) is 0 Å². The first-order valence-electron chi connectivity index (χ1n) is 25.8. The third-order valence-corrected chi connectivity index (χ3v) is 14.1. The predicted octanol–water partition coefficient (Wildman–Crippen LogP) is 9.53. The molecule has 1 saturated heterocycles. The summed E-state index contributed by atoms with van der Waals surface area (Å²) in [5.41, 5.74) is 4.58. The molecule has 2 rings (SSSR count). The smallest absolute Gasteiger partial charge is 0.462 e. The molecule has 1 aromatic heterocycles. The molecule has 0 amide bonds. The average molecular weight is 1050 g/mol. The summed E-state index contributed by atoms with van der Waals surface area (Å²) in [6.45, 7) is 2.00. The Morgan fingerprint density at radius 2 is 1.32 bits per heavy atom. The number of phosphoric ester groups is 2. The van der Waals surface area contributed by atoms with Crippen molar-refractivity contribution in [2.45, 2.75) is 211 Å². The molecule has 0 radical (unpaired) electrons. The Kier molecular flexibility index (Phi) is 34.4. The summed E-state index contributed by atoms with van der Waals surface area (Å²) in [5.74, 6) is -1.40. The van der Waals surface area contributed by atoms with Crippen molar-refractivity contribution < 1.29 is 71.4 Å². The number of esters is 2. The van der Waals surface area contributed by atoms with Gasteiger partial charge in [-0.15, -0.1) is 0 Å². The van der Waals surface area contributed by atoms with Gasteiger partial charge in [0, 0.05) is 19.0 Å². The highest BCUT2D eigenvalue weighted by molar-refractivity contribution is 7.61. The number of carbonyl (C=O) groups is 2. The van der Waals surface area contributed by atoms with E-state index in [1.165, 1.54) is 83.1 Å². The van der Waals surface area contributed by atoms with Gasteiger partial charge in [0.1, 0.15) is 30.7 Å². The molecular formula is C50H85N3O16P2. The maximum atomic E-state index is 12.9. The fourth-order valence-electron chi connectivity index (χ4n) is 7.45. The van der Waals surface area contributed by atoms with Crippen LogP contribution in [0.15, 0.2) is 65.7 Å². The third-order valence-electron chi connectivity index (χ3n) is 11.5. The second kappa shape index (κ2) is 38.3. The van der Waals surface area contributed by atoms with Crippen LogP contribution in [-0.2, 0) is 46.3 Å². The highest BCUT2D eigenvalue weighted by Gasteiger charge is 2.46. The number of hydrogen-bond acceptors (Lipinski definition) is 16. The van der Waals surface area contributed by atoms with E-state index in [1.54, 1.807) is 12.2 Å². The van der Waals surface area contributed by atoms with Crippen LogP contribution in [0.5, 0.6) is 0 Å². The van der Waals surface area contributed by atoms with Crippen LogP contribution >= 0.6 is 15.6 Å². The quantitative estimate of drug-likeness (QED) is 0.0117. The van der Waals surface area contributed by atoms with Gasteiger partial charge in [0.2, 0.25) is 0 Å². The standard InChI is InChI=1S/C50H85N3O16P2/c1-3-5-7-9-11-12-13-14-15-16-17-18-23-27-31-35-46(56)67-42(38-64-45(55)34-30-26-22-20-19-21-25-29-33-41(54)32-28-24-10-8-6-4-2)39-65-70(60,61)69-71(62,63)66-40-43-47(57)48(58)49(68-43)53-37-36-44(51)52-50(53)59/h20-22,24-25,28-29,33,36-37,41-43,47-49,54,57-58H,3-19,23,26-27,30-32,34-35,38-40H2,1-2H3,(H,60,61)(H,62,63)(H2,51,52,59)/b22-20-,25-21-,28-24-,33-29+/t41-,42-,43-,47-,48-,49-/m1/s1. The van der Waals surface area contributed by atoms with Crippen molar-refractivity contribution >= 4 is 33.4 Å².